The third kappa shape index (κ3) is 4.27. The highest BCUT2D eigenvalue weighted by Gasteiger charge is 2.35. The zero-order valence-corrected chi connectivity index (χ0v) is 13.1. The first-order valence-electron chi connectivity index (χ1n) is 7.87. The molecule has 116 valence electrons. The van der Waals surface area contributed by atoms with Crippen LogP contribution in [-0.4, -0.2) is 28.1 Å². The average molecular weight is 290 g/mol. The van der Waals surface area contributed by atoms with Gasteiger partial charge in [-0.25, -0.2) is 0 Å². The lowest BCUT2D eigenvalue weighted by Crippen LogP contribution is -2.55. The van der Waals surface area contributed by atoms with E-state index in [9.17, 15) is 9.90 Å². The van der Waals surface area contributed by atoms with E-state index in [-0.39, 0.29) is 12.5 Å². The summed E-state index contributed by atoms with van der Waals surface area (Å²) in [6.45, 7) is 3.89. The molecule has 1 aliphatic rings. The van der Waals surface area contributed by atoms with E-state index in [1.807, 2.05) is 26.0 Å². The van der Waals surface area contributed by atoms with E-state index in [0.29, 0.717) is 12.3 Å². The maximum absolute atomic E-state index is 12.3. The van der Waals surface area contributed by atoms with Gasteiger partial charge in [0.15, 0.2) is 0 Å². The topological polar surface area (TPSA) is 62.2 Å². The van der Waals surface area contributed by atoms with Gasteiger partial charge in [0.25, 0.3) is 0 Å². The summed E-state index contributed by atoms with van der Waals surface area (Å²) in [5.41, 5.74) is 1.35. The van der Waals surface area contributed by atoms with E-state index in [1.54, 1.807) is 6.20 Å². The molecule has 1 atom stereocenters. The van der Waals surface area contributed by atoms with Crippen LogP contribution in [0.3, 0.4) is 0 Å². The number of nitrogens with zero attached hydrogens (tertiary/aromatic N) is 1. The first-order valence-corrected chi connectivity index (χ1v) is 7.87. The fourth-order valence-electron chi connectivity index (χ4n) is 3.16. The lowest BCUT2D eigenvalue weighted by atomic mass is 9.76. The van der Waals surface area contributed by atoms with Crippen LogP contribution in [0.1, 0.15) is 50.3 Å². The minimum atomic E-state index is -0.504. The van der Waals surface area contributed by atoms with Crippen LogP contribution in [-0.2, 0) is 11.2 Å². The Hall–Kier alpha value is -1.42. The number of aryl methyl sites for hydroxylation is 1. The van der Waals surface area contributed by atoms with Crippen LogP contribution < -0.4 is 5.32 Å². The Morgan fingerprint density at radius 2 is 2.10 bits per heavy atom. The van der Waals surface area contributed by atoms with E-state index in [1.165, 1.54) is 19.3 Å². The monoisotopic (exact) mass is 290 g/mol. The van der Waals surface area contributed by atoms with Crippen LogP contribution in [0, 0.1) is 12.8 Å². The highest BCUT2D eigenvalue weighted by atomic mass is 16.3. The van der Waals surface area contributed by atoms with Crippen LogP contribution in [0.5, 0.6) is 0 Å². The van der Waals surface area contributed by atoms with Crippen molar-refractivity contribution in [1.29, 1.82) is 0 Å². The van der Waals surface area contributed by atoms with Crippen molar-refractivity contribution in [2.75, 3.05) is 6.61 Å². The summed E-state index contributed by atoms with van der Waals surface area (Å²) in [5.74, 6) is 0.333. The second-order valence-electron chi connectivity index (χ2n) is 6.44. The van der Waals surface area contributed by atoms with Gasteiger partial charge in [-0.3, -0.25) is 9.78 Å². The fraction of sp³-hybridized carbons (Fsp3) is 0.647. The van der Waals surface area contributed by atoms with Gasteiger partial charge >= 0.3 is 0 Å². The first kappa shape index (κ1) is 16.0. The molecule has 1 aromatic heterocycles. The van der Waals surface area contributed by atoms with Crippen molar-refractivity contribution in [1.82, 2.24) is 10.3 Å². The second-order valence-corrected chi connectivity index (χ2v) is 6.44. The summed E-state index contributed by atoms with van der Waals surface area (Å²) >= 11 is 0. The van der Waals surface area contributed by atoms with Crippen molar-refractivity contribution in [2.24, 2.45) is 5.92 Å². The van der Waals surface area contributed by atoms with Crippen molar-refractivity contribution in [3.05, 3.63) is 29.6 Å². The normalized spacial score (nSPS) is 19.0. The van der Waals surface area contributed by atoms with Crippen LogP contribution in [0.25, 0.3) is 0 Å². The SMILES string of the molecule is Cc1ccc(CC(=O)NC(C)(CO)C2CCCCC2)cn1. The molecule has 1 unspecified atom stereocenters. The van der Waals surface area contributed by atoms with Crippen molar-refractivity contribution >= 4 is 5.91 Å². The molecule has 1 aliphatic carbocycles. The molecular formula is C17H26N2O2. The minimum absolute atomic E-state index is 0.00441. The molecule has 2 N–H and O–H groups in total. The van der Waals surface area contributed by atoms with E-state index in [4.69, 9.17) is 0 Å². The number of carbonyl (C=O) groups is 1. The Bertz CT molecular complexity index is 466. The number of rotatable bonds is 5. The van der Waals surface area contributed by atoms with E-state index < -0.39 is 5.54 Å². The quantitative estimate of drug-likeness (QED) is 0.875. The standard InChI is InChI=1S/C17H26N2O2/c1-13-8-9-14(11-18-13)10-16(21)19-17(2,12-20)15-6-4-3-5-7-15/h8-9,11,15,20H,3-7,10,12H2,1-2H3,(H,19,21). The Morgan fingerprint density at radius 1 is 1.38 bits per heavy atom. The fourth-order valence-corrected chi connectivity index (χ4v) is 3.16. The maximum Gasteiger partial charge on any atom is 0.224 e. The number of hydrogen-bond donors (Lipinski definition) is 2. The van der Waals surface area contributed by atoms with E-state index in [0.717, 1.165) is 24.1 Å². The molecule has 1 aromatic rings. The van der Waals surface area contributed by atoms with Crippen molar-refractivity contribution in [3.8, 4) is 0 Å². The molecule has 4 nitrogen and oxygen atoms in total. The Kier molecular flexibility index (Phi) is 5.34. The van der Waals surface area contributed by atoms with E-state index >= 15 is 0 Å². The zero-order chi connectivity index (χ0) is 15.3. The van der Waals surface area contributed by atoms with Gasteiger partial charge in [-0.15, -0.1) is 0 Å². The number of carbonyl (C=O) groups excluding carboxylic acids is 1. The predicted molar refractivity (Wildman–Crippen MR) is 82.9 cm³/mol. The van der Waals surface area contributed by atoms with Gasteiger partial charge in [-0.1, -0.05) is 25.3 Å². The number of pyridine rings is 1. The lowest BCUT2D eigenvalue weighted by Gasteiger charge is -2.39. The predicted octanol–water partition coefficient (Wildman–Crippen LogP) is 2.38. The third-order valence-electron chi connectivity index (χ3n) is 4.60. The van der Waals surface area contributed by atoms with Gasteiger partial charge in [-0.05, 0) is 44.2 Å². The van der Waals surface area contributed by atoms with Gasteiger partial charge in [0.2, 0.25) is 5.91 Å². The smallest absolute Gasteiger partial charge is 0.224 e. The van der Waals surface area contributed by atoms with Crippen molar-refractivity contribution in [3.63, 3.8) is 0 Å². The summed E-state index contributed by atoms with van der Waals surface area (Å²) in [7, 11) is 0. The molecular weight excluding hydrogens is 264 g/mol. The number of aromatic nitrogens is 1. The van der Waals surface area contributed by atoms with Crippen LogP contribution >= 0.6 is 0 Å². The second kappa shape index (κ2) is 7.03. The minimum Gasteiger partial charge on any atom is -0.394 e. The van der Waals surface area contributed by atoms with Gasteiger partial charge in [0.05, 0.1) is 18.6 Å². The number of hydrogen-bond acceptors (Lipinski definition) is 3. The molecule has 0 spiro atoms. The summed E-state index contributed by atoms with van der Waals surface area (Å²) in [5, 5.41) is 12.8. The molecule has 1 heterocycles. The largest absolute Gasteiger partial charge is 0.394 e. The summed E-state index contributed by atoms with van der Waals surface area (Å²) in [6.07, 6.45) is 7.88. The van der Waals surface area contributed by atoms with Crippen LogP contribution in [0.4, 0.5) is 0 Å². The lowest BCUT2D eigenvalue weighted by molar-refractivity contribution is -0.123. The molecule has 0 aliphatic heterocycles. The zero-order valence-electron chi connectivity index (χ0n) is 13.1. The Balaban J connectivity index is 1.96. The van der Waals surface area contributed by atoms with Crippen molar-refractivity contribution in [2.45, 2.75) is 57.9 Å². The molecule has 1 fully saturated rings. The molecule has 0 saturated heterocycles. The van der Waals surface area contributed by atoms with Gasteiger partial charge in [-0.2, -0.15) is 0 Å². The van der Waals surface area contributed by atoms with Gasteiger partial charge < -0.3 is 10.4 Å². The molecule has 2 rings (SSSR count). The highest BCUT2D eigenvalue weighted by molar-refractivity contribution is 5.79. The summed E-state index contributed by atoms with van der Waals surface area (Å²) in [6, 6.07) is 3.84. The van der Waals surface area contributed by atoms with E-state index in [2.05, 4.69) is 10.3 Å². The molecule has 1 amide bonds. The molecule has 4 heteroatoms. The molecule has 1 saturated carbocycles. The number of nitrogens with one attached hydrogen (secondary N) is 1. The maximum atomic E-state index is 12.3. The van der Waals surface area contributed by atoms with Gasteiger partial charge in [0.1, 0.15) is 0 Å². The molecule has 0 aromatic carbocycles. The van der Waals surface area contributed by atoms with Gasteiger partial charge in [0, 0.05) is 11.9 Å². The summed E-state index contributed by atoms with van der Waals surface area (Å²) in [4.78, 5) is 16.5. The highest BCUT2D eigenvalue weighted by Crippen LogP contribution is 2.32. The average Bonchev–Trinajstić information content (AvgIpc) is 2.50. The summed E-state index contributed by atoms with van der Waals surface area (Å²) < 4.78 is 0. The molecule has 21 heavy (non-hydrogen) atoms. The third-order valence-corrected chi connectivity index (χ3v) is 4.60. The van der Waals surface area contributed by atoms with Crippen LogP contribution in [0.15, 0.2) is 18.3 Å². The Labute approximate surface area is 127 Å². The molecule has 0 bridgehead atoms. The number of aliphatic hydroxyl groups is 1. The number of amides is 1. The van der Waals surface area contributed by atoms with Crippen LogP contribution in [0.2, 0.25) is 0 Å². The first-order chi connectivity index (χ1) is 10.0. The number of aliphatic hydroxyl groups excluding tert-OH is 1. The molecule has 0 radical (unpaired) electrons. The van der Waals surface area contributed by atoms with Crippen molar-refractivity contribution < 1.29 is 9.90 Å². The Morgan fingerprint density at radius 3 is 2.67 bits per heavy atom.